The number of benzene rings is 1. The minimum atomic E-state index is -0.661. The number of nitrogens with one attached hydrogen (secondary N) is 2. The Labute approximate surface area is 244 Å². The van der Waals surface area contributed by atoms with E-state index in [4.69, 9.17) is 4.74 Å². The normalized spacial score (nSPS) is 20.1. The first-order valence-corrected chi connectivity index (χ1v) is 14.6. The van der Waals surface area contributed by atoms with E-state index in [1.165, 1.54) is 25.6 Å². The van der Waals surface area contributed by atoms with E-state index in [2.05, 4.69) is 54.7 Å². The molecule has 2 unspecified atom stereocenters. The van der Waals surface area contributed by atoms with Crippen molar-refractivity contribution in [3.63, 3.8) is 0 Å². The van der Waals surface area contributed by atoms with Crippen LogP contribution in [0.1, 0.15) is 53.4 Å². The maximum atomic E-state index is 15.4. The number of rotatable bonds is 11. The molecule has 2 N–H and O–H groups in total. The number of aromatic nitrogens is 6. The monoisotopic (exact) mass is 586 g/mol. The Balaban J connectivity index is 1.39. The quantitative estimate of drug-likeness (QED) is 0.347. The number of halogens is 2. The summed E-state index contributed by atoms with van der Waals surface area (Å²) in [6.45, 7) is 12.2. The van der Waals surface area contributed by atoms with E-state index < -0.39 is 17.3 Å². The molecule has 0 bridgehead atoms. The van der Waals surface area contributed by atoms with Gasteiger partial charge < -0.3 is 20.3 Å². The van der Waals surface area contributed by atoms with Crippen molar-refractivity contribution in [2.24, 2.45) is 7.05 Å². The van der Waals surface area contributed by atoms with E-state index in [0.717, 1.165) is 54.5 Å². The van der Waals surface area contributed by atoms with Gasteiger partial charge in [0.15, 0.2) is 17.5 Å². The molecule has 3 aromatic rings. The SMILES string of the molecule is CCN(CC)CCOc1cc(F)c(Nc2ncc(F)c(NC3CC4CCCN4C(C)(C)C3)n2)cc1-n1nnn(C)c1=O. The molecule has 2 saturated heterocycles. The van der Waals surface area contributed by atoms with E-state index in [-0.39, 0.29) is 47.1 Å². The maximum absolute atomic E-state index is 15.4. The molecule has 228 valence electrons. The zero-order chi connectivity index (χ0) is 30.0. The van der Waals surface area contributed by atoms with E-state index in [1.807, 2.05) is 13.8 Å². The van der Waals surface area contributed by atoms with Gasteiger partial charge in [-0.15, -0.1) is 0 Å². The van der Waals surface area contributed by atoms with Crippen LogP contribution in [-0.4, -0.2) is 90.0 Å². The largest absolute Gasteiger partial charge is 0.490 e. The molecular formula is C28H40F2N10O2. The molecule has 1 aromatic carbocycles. The molecule has 0 amide bonds. The molecule has 2 aromatic heterocycles. The Bertz CT molecular complexity index is 1450. The van der Waals surface area contributed by atoms with Crippen LogP contribution in [0.5, 0.6) is 5.75 Å². The van der Waals surface area contributed by atoms with Crippen LogP contribution in [0, 0.1) is 11.6 Å². The molecule has 14 heteroatoms. The number of nitrogens with zero attached hydrogens (tertiary/aromatic N) is 8. The van der Waals surface area contributed by atoms with Crippen LogP contribution in [0.2, 0.25) is 0 Å². The van der Waals surface area contributed by atoms with Crippen molar-refractivity contribution in [3.05, 3.63) is 40.4 Å². The van der Waals surface area contributed by atoms with Gasteiger partial charge in [0.05, 0.1) is 11.9 Å². The Morgan fingerprint density at radius 2 is 1.95 bits per heavy atom. The van der Waals surface area contributed by atoms with E-state index in [9.17, 15) is 9.18 Å². The Hall–Kier alpha value is -3.65. The summed E-state index contributed by atoms with van der Waals surface area (Å²) >= 11 is 0. The second-order valence-electron chi connectivity index (χ2n) is 11.6. The zero-order valence-electron chi connectivity index (χ0n) is 24.9. The van der Waals surface area contributed by atoms with Gasteiger partial charge in [0, 0.05) is 37.3 Å². The molecule has 2 aliphatic heterocycles. The highest BCUT2D eigenvalue weighted by Crippen LogP contribution is 2.38. The van der Waals surface area contributed by atoms with Gasteiger partial charge >= 0.3 is 5.69 Å². The van der Waals surface area contributed by atoms with E-state index in [0.29, 0.717) is 12.6 Å². The summed E-state index contributed by atoms with van der Waals surface area (Å²) in [6.07, 6.45) is 5.10. The van der Waals surface area contributed by atoms with Crippen molar-refractivity contribution in [2.75, 3.05) is 43.4 Å². The molecule has 2 fully saturated rings. The van der Waals surface area contributed by atoms with Gasteiger partial charge in [-0.2, -0.15) is 14.3 Å². The van der Waals surface area contributed by atoms with Crippen molar-refractivity contribution >= 4 is 17.5 Å². The predicted octanol–water partition coefficient (Wildman–Crippen LogP) is 3.32. The van der Waals surface area contributed by atoms with Crippen molar-refractivity contribution in [3.8, 4) is 11.4 Å². The van der Waals surface area contributed by atoms with E-state index >= 15 is 4.39 Å². The molecule has 4 heterocycles. The highest BCUT2D eigenvalue weighted by Gasteiger charge is 2.43. The lowest BCUT2D eigenvalue weighted by molar-refractivity contribution is 0.0500. The number of ether oxygens (including phenoxy) is 1. The van der Waals surface area contributed by atoms with Gasteiger partial charge in [-0.05, 0) is 75.7 Å². The summed E-state index contributed by atoms with van der Waals surface area (Å²) in [4.78, 5) is 25.8. The fourth-order valence-electron chi connectivity index (χ4n) is 6.17. The first-order valence-electron chi connectivity index (χ1n) is 14.6. The molecule has 2 aliphatic rings. The Kier molecular flexibility index (Phi) is 8.73. The summed E-state index contributed by atoms with van der Waals surface area (Å²) < 4.78 is 38.2. The van der Waals surface area contributed by atoms with Gasteiger partial charge in [-0.1, -0.05) is 13.8 Å². The second-order valence-corrected chi connectivity index (χ2v) is 11.6. The molecule has 0 radical (unpaired) electrons. The van der Waals surface area contributed by atoms with E-state index in [1.54, 1.807) is 0 Å². The summed E-state index contributed by atoms with van der Waals surface area (Å²) in [7, 11) is 1.47. The fourth-order valence-corrected chi connectivity index (χ4v) is 6.17. The third-order valence-corrected chi connectivity index (χ3v) is 8.35. The molecule has 5 rings (SSSR count). The number of fused-ring (bicyclic) bond motifs is 1. The van der Waals surface area contributed by atoms with Crippen LogP contribution in [-0.2, 0) is 7.05 Å². The van der Waals surface area contributed by atoms with Crippen LogP contribution in [0.4, 0.5) is 26.2 Å². The van der Waals surface area contributed by atoms with Crippen molar-refractivity contribution < 1.29 is 13.5 Å². The van der Waals surface area contributed by atoms with Crippen molar-refractivity contribution in [1.29, 1.82) is 0 Å². The van der Waals surface area contributed by atoms with Gasteiger partial charge in [0.1, 0.15) is 18.0 Å². The number of aryl methyl sites for hydroxylation is 1. The lowest BCUT2D eigenvalue weighted by Crippen LogP contribution is -2.55. The number of anilines is 3. The van der Waals surface area contributed by atoms with Crippen LogP contribution >= 0.6 is 0 Å². The molecule has 2 atom stereocenters. The number of piperidine rings is 1. The third-order valence-electron chi connectivity index (χ3n) is 8.35. The fraction of sp³-hybridized carbons (Fsp3) is 0.607. The Morgan fingerprint density at radius 3 is 2.67 bits per heavy atom. The summed E-state index contributed by atoms with van der Waals surface area (Å²) in [6, 6.07) is 3.06. The zero-order valence-corrected chi connectivity index (χ0v) is 24.9. The van der Waals surface area contributed by atoms with Gasteiger partial charge in [0.2, 0.25) is 5.95 Å². The maximum Gasteiger partial charge on any atom is 0.368 e. The predicted molar refractivity (Wildman–Crippen MR) is 156 cm³/mol. The molecule has 0 aliphatic carbocycles. The third kappa shape index (κ3) is 6.24. The minimum absolute atomic E-state index is 0.00278. The Morgan fingerprint density at radius 1 is 1.17 bits per heavy atom. The lowest BCUT2D eigenvalue weighted by atomic mass is 9.84. The number of hydrogen-bond acceptors (Lipinski definition) is 10. The minimum Gasteiger partial charge on any atom is -0.490 e. The average molecular weight is 587 g/mol. The summed E-state index contributed by atoms with van der Waals surface area (Å²) in [5, 5.41) is 13.8. The van der Waals surface area contributed by atoms with Gasteiger partial charge in [0.25, 0.3) is 0 Å². The molecule has 12 nitrogen and oxygen atoms in total. The standard InChI is InChI=1S/C28H40F2N10O2/c1-6-38(7-2)11-12-42-24-14-20(29)22(15-23(24)40-27(41)37(5)35-36-40)33-26-31-17-21(30)25(34-26)32-18-13-19-9-8-10-39(19)28(3,4)16-18/h14-15,17-19H,6-13,16H2,1-5H3,(H2,31,32,33,34). The topological polar surface area (TPSA) is 118 Å². The van der Waals surface area contributed by atoms with Crippen molar-refractivity contribution in [1.82, 2.24) is 39.6 Å². The highest BCUT2D eigenvalue weighted by molar-refractivity contribution is 5.63. The van der Waals surface area contributed by atoms with Crippen LogP contribution in [0.3, 0.4) is 0 Å². The summed E-state index contributed by atoms with van der Waals surface area (Å²) in [5.74, 6) is -1.05. The first kappa shape index (κ1) is 29.8. The smallest absolute Gasteiger partial charge is 0.368 e. The van der Waals surface area contributed by atoms with Gasteiger partial charge in [-0.3, -0.25) is 4.90 Å². The number of hydrogen-bond donors (Lipinski definition) is 2. The second kappa shape index (κ2) is 12.3. The van der Waals surface area contributed by atoms with Crippen LogP contribution in [0.25, 0.3) is 5.69 Å². The molecular weight excluding hydrogens is 546 g/mol. The highest BCUT2D eigenvalue weighted by atomic mass is 19.1. The van der Waals surface area contributed by atoms with Crippen LogP contribution in [0.15, 0.2) is 23.1 Å². The number of likely N-dealkylation sites (N-methyl/N-ethyl adjacent to an activating group) is 1. The van der Waals surface area contributed by atoms with Crippen LogP contribution < -0.4 is 21.1 Å². The molecule has 0 spiro atoms. The van der Waals surface area contributed by atoms with Crippen molar-refractivity contribution in [2.45, 2.75) is 71.0 Å². The lowest BCUT2D eigenvalue weighted by Gasteiger charge is -2.47. The first-order chi connectivity index (χ1) is 20.1. The van der Waals surface area contributed by atoms with Gasteiger partial charge in [-0.25, -0.2) is 18.6 Å². The molecule has 42 heavy (non-hydrogen) atoms. The summed E-state index contributed by atoms with van der Waals surface area (Å²) in [5.41, 5.74) is -0.365. The average Bonchev–Trinajstić information content (AvgIpc) is 3.56. The molecule has 0 saturated carbocycles. The number of tetrazole rings is 1.